The maximum Gasteiger partial charge on any atom is 0.209 e. The van der Waals surface area contributed by atoms with Gasteiger partial charge < -0.3 is 5.73 Å². The maximum atomic E-state index is 12.5. The van der Waals surface area contributed by atoms with Gasteiger partial charge in [-0.2, -0.15) is 0 Å². The molecule has 1 fully saturated rings. The molecule has 18 heavy (non-hydrogen) atoms. The van der Waals surface area contributed by atoms with Crippen molar-refractivity contribution in [2.24, 2.45) is 0 Å². The highest BCUT2D eigenvalue weighted by Gasteiger charge is 2.32. The van der Waals surface area contributed by atoms with E-state index in [1.54, 1.807) is 0 Å². The fraction of sp³-hybridized carbons (Fsp3) is 0.545. The molecule has 2 rings (SSSR count). The zero-order chi connectivity index (χ0) is 13.2. The van der Waals surface area contributed by atoms with Crippen molar-refractivity contribution in [3.05, 3.63) is 18.9 Å². The fourth-order valence-corrected chi connectivity index (χ4v) is 4.90. The van der Waals surface area contributed by atoms with Gasteiger partial charge in [0.25, 0.3) is 0 Å². The lowest BCUT2D eigenvalue weighted by Gasteiger charge is -2.31. The third kappa shape index (κ3) is 2.57. The van der Waals surface area contributed by atoms with Crippen LogP contribution in [0.15, 0.2) is 23.1 Å². The molecule has 0 radical (unpaired) electrons. The van der Waals surface area contributed by atoms with Gasteiger partial charge >= 0.3 is 0 Å². The standard InChI is InChI=1S/C11H17N3O2S2/c1-2-9(14-6-4-3-5-7-14)18(15,16)10-8-13-11(12)17-10/h2,8-9H,1,3-7H2,(H2,12,13). The number of nitrogens with two attached hydrogens (primary N) is 1. The summed E-state index contributed by atoms with van der Waals surface area (Å²) in [5.41, 5.74) is 5.50. The van der Waals surface area contributed by atoms with Crippen LogP contribution in [-0.4, -0.2) is 36.8 Å². The van der Waals surface area contributed by atoms with E-state index in [4.69, 9.17) is 5.73 Å². The summed E-state index contributed by atoms with van der Waals surface area (Å²) < 4.78 is 25.2. The molecule has 0 spiro atoms. The summed E-state index contributed by atoms with van der Waals surface area (Å²) in [6, 6.07) is 0. The Morgan fingerprint density at radius 1 is 1.44 bits per heavy atom. The molecule has 5 nitrogen and oxygen atoms in total. The topological polar surface area (TPSA) is 76.3 Å². The molecule has 1 atom stereocenters. The number of piperidine rings is 1. The van der Waals surface area contributed by atoms with Gasteiger partial charge in [0.05, 0.1) is 6.20 Å². The van der Waals surface area contributed by atoms with Crippen molar-refractivity contribution in [1.29, 1.82) is 0 Å². The zero-order valence-electron chi connectivity index (χ0n) is 10.1. The number of nitrogens with zero attached hydrogens (tertiary/aromatic N) is 2. The highest BCUT2D eigenvalue weighted by Crippen LogP contribution is 2.27. The second kappa shape index (κ2) is 5.38. The van der Waals surface area contributed by atoms with Crippen molar-refractivity contribution in [2.45, 2.75) is 28.8 Å². The summed E-state index contributed by atoms with van der Waals surface area (Å²) in [5.74, 6) is 0. The molecule has 1 aromatic rings. The first-order valence-electron chi connectivity index (χ1n) is 5.87. The Hall–Kier alpha value is -0.920. The smallest absolute Gasteiger partial charge is 0.209 e. The van der Waals surface area contributed by atoms with E-state index >= 15 is 0 Å². The molecule has 1 aliphatic rings. The molecule has 1 aliphatic heterocycles. The summed E-state index contributed by atoms with van der Waals surface area (Å²) >= 11 is 1.01. The number of rotatable bonds is 4. The maximum absolute atomic E-state index is 12.5. The lowest BCUT2D eigenvalue weighted by molar-refractivity contribution is 0.229. The Kier molecular flexibility index (Phi) is 4.04. The molecule has 0 bridgehead atoms. The Balaban J connectivity index is 2.28. The summed E-state index contributed by atoms with van der Waals surface area (Å²) in [6.45, 7) is 5.26. The molecule has 0 saturated carbocycles. The van der Waals surface area contributed by atoms with Gasteiger partial charge in [-0.25, -0.2) is 13.4 Å². The quantitative estimate of drug-likeness (QED) is 0.849. The third-order valence-corrected chi connectivity index (χ3v) is 6.41. The third-order valence-electron chi connectivity index (χ3n) is 3.05. The van der Waals surface area contributed by atoms with E-state index in [2.05, 4.69) is 11.6 Å². The van der Waals surface area contributed by atoms with E-state index < -0.39 is 15.2 Å². The molecule has 0 aliphatic carbocycles. The van der Waals surface area contributed by atoms with Crippen LogP contribution in [0.25, 0.3) is 0 Å². The van der Waals surface area contributed by atoms with Crippen molar-refractivity contribution < 1.29 is 8.42 Å². The number of aromatic nitrogens is 1. The summed E-state index contributed by atoms with van der Waals surface area (Å²) in [7, 11) is -3.45. The summed E-state index contributed by atoms with van der Waals surface area (Å²) in [4.78, 5) is 5.77. The molecule has 0 aromatic carbocycles. The molecule has 7 heteroatoms. The fourth-order valence-electron chi connectivity index (χ4n) is 2.17. The van der Waals surface area contributed by atoms with Crippen LogP contribution in [0.5, 0.6) is 0 Å². The Bertz CT molecular complexity index is 518. The molecule has 1 aromatic heterocycles. The predicted octanol–water partition coefficient (Wildman–Crippen LogP) is 1.50. The largest absolute Gasteiger partial charge is 0.375 e. The minimum Gasteiger partial charge on any atom is -0.375 e. The first-order valence-corrected chi connectivity index (χ1v) is 8.24. The first kappa shape index (κ1) is 13.5. The number of sulfone groups is 1. The Morgan fingerprint density at radius 3 is 2.61 bits per heavy atom. The van der Waals surface area contributed by atoms with Crippen LogP contribution >= 0.6 is 11.3 Å². The van der Waals surface area contributed by atoms with E-state index in [1.165, 1.54) is 12.3 Å². The minimum atomic E-state index is -3.45. The predicted molar refractivity (Wildman–Crippen MR) is 73.1 cm³/mol. The number of nitrogen functional groups attached to an aromatic ring is 1. The second-order valence-electron chi connectivity index (χ2n) is 4.29. The Morgan fingerprint density at radius 2 is 2.11 bits per heavy atom. The van der Waals surface area contributed by atoms with Crippen LogP contribution in [0.1, 0.15) is 19.3 Å². The second-order valence-corrected chi connectivity index (χ2v) is 7.62. The summed E-state index contributed by atoms with van der Waals surface area (Å²) in [5, 5.41) is -0.396. The van der Waals surface area contributed by atoms with E-state index in [0.29, 0.717) is 0 Å². The molecular weight excluding hydrogens is 270 g/mol. The average Bonchev–Trinajstić information content (AvgIpc) is 2.78. The van der Waals surface area contributed by atoms with Gasteiger partial charge in [0.15, 0.2) is 5.13 Å². The minimum absolute atomic E-state index is 0.218. The van der Waals surface area contributed by atoms with E-state index in [1.807, 2.05) is 4.90 Å². The van der Waals surface area contributed by atoms with Crippen molar-refractivity contribution in [3.63, 3.8) is 0 Å². The van der Waals surface area contributed by atoms with Crippen LogP contribution in [-0.2, 0) is 9.84 Å². The number of likely N-dealkylation sites (tertiary alicyclic amines) is 1. The monoisotopic (exact) mass is 287 g/mol. The van der Waals surface area contributed by atoms with E-state index in [9.17, 15) is 8.42 Å². The van der Waals surface area contributed by atoms with Gasteiger partial charge in [0.2, 0.25) is 9.84 Å². The van der Waals surface area contributed by atoms with E-state index in [-0.39, 0.29) is 9.34 Å². The van der Waals surface area contributed by atoms with Gasteiger partial charge in [-0.1, -0.05) is 23.8 Å². The lowest BCUT2D eigenvalue weighted by Crippen LogP contribution is -2.42. The highest BCUT2D eigenvalue weighted by atomic mass is 32.2. The van der Waals surface area contributed by atoms with Crippen molar-refractivity contribution in [1.82, 2.24) is 9.88 Å². The van der Waals surface area contributed by atoms with E-state index in [0.717, 1.165) is 43.7 Å². The molecule has 0 amide bonds. The van der Waals surface area contributed by atoms with Crippen LogP contribution in [0, 0.1) is 0 Å². The Labute approximate surface area is 111 Å². The zero-order valence-corrected chi connectivity index (χ0v) is 11.7. The van der Waals surface area contributed by atoms with Crippen LogP contribution in [0.3, 0.4) is 0 Å². The molecule has 1 unspecified atom stereocenters. The van der Waals surface area contributed by atoms with Crippen LogP contribution in [0.2, 0.25) is 0 Å². The SMILES string of the molecule is C=CC(N1CCCCC1)S(=O)(=O)c1cnc(N)s1. The van der Waals surface area contributed by atoms with Crippen LogP contribution < -0.4 is 5.73 Å². The first-order chi connectivity index (χ1) is 8.55. The van der Waals surface area contributed by atoms with Crippen molar-refractivity contribution in [3.8, 4) is 0 Å². The molecular formula is C11H17N3O2S2. The van der Waals surface area contributed by atoms with Gasteiger partial charge in [0.1, 0.15) is 9.58 Å². The lowest BCUT2D eigenvalue weighted by atomic mass is 10.1. The van der Waals surface area contributed by atoms with Crippen molar-refractivity contribution >= 4 is 26.3 Å². The number of hydrogen-bond donors (Lipinski definition) is 1. The molecule has 2 heterocycles. The van der Waals surface area contributed by atoms with Gasteiger partial charge in [-0.15, -0.1) is 6.58 Å². The number of anilines is 1. The number of hydrogen-bond acceptors (Lipinski definition) is 6. The van der Waals surface area contributed by atoms with Crippen LogP contribution in [0.4, 0.5) is 5.13 Å². The van der Waals surface area contributed by atoms with Gasteiger partial charge in [-0.3, -0.25) is 4.90 Å². The average molecular weight is 287 g/mol. The molecule has 100 valence electrons. The molecule has 1 saturated heterocycles. The number of thiazole rings is 1. The highest BCUT2D eigenvalue weighted by molar-refractivity contribution is 7.94. The van der Waals surface area contributed by atoms with Crippen molar-refractivity contribution in [2.75, 3.05) is 18.8 Å². The summed E-state index contributed by atoms with van der Waals surface area (Å²) in [6.07, 6.45) is 6.05. The molecule has 2 N–H and O–H groups in total. The van der Waals surface area contributed by atoms with Gasteiger partial charge in [0, 0.05) is 0 Å². The normalized spacial score (nSPS) is 19.6. The van der Waals surface area contributed by atoms with Gasteiger partial charge in [-0.05, 0) is 25.9 Å².